The average molecular weight is 426 g/mol. The van der Waals surface area contributed by atoms with Gasteiger partial charge in [0.1, 0.15) is 5.69 Å². The molecule has 2 N–H and O–H groups in total. The molecule has 3 aromatic heterocycles. The van der Waals surface area contributed by atoms with Gasteiger partial charge in [-0.2, -0.15) is 31.0 Å². The zero-order valence-corrected chi connectivity index (χ0v) is 13.9. The van der Waals surface area contributed by atoms with Crippen molar-refractivity contribution in [2.45, 2.75) is 12.4 Å². The van der Waals surface area contributed by atoms with E-state index in [2.05, 4.69) is 10.1 Å². The topological polar surface area (TPSA) is 95.3 Å². The second kappa shape index (κ2) is 6.22. The first-order valence-electron chi connectivity index (χ1n) is 7.06. The number of primary amides is 1. The maximum absolute atomic E-state index is 13.0. The summed E-state index contributed by atoms with van der Waals surface area (Å²) >= 11 is 5.72. The summed E-state index contributed by atoms with van der Waals surface area (Å²) in [7, 11) is 0. The van der Waals surface area contributed by atoms with Gasteiger partial charge < -0.3 is 5.73 Å². The van der Waals surface area contributed by atoms with Crippen LogP contribution in [0.2, 0.25) is 5.02 Å². The molecule has 0 radical (unpaired) electrons. The quantitative estimate of drug-likeness (QED) is 0.639. The predicted molar refractivity (Wildman–Crippen MR) is 82.1 cm³/mol. The highest BCUT2D eigenvalue weighted by atomic mass is 35.5. The maximum Gasteiger partial charge on any atom is 0.417 e. The Morgan fingerprint density at radius 2 is 1.68 bits per heavy atom. The van der Waals surface area contributed by atoms with E-state index in [1.165, 1.54) is 0 Å². The molecule has 0 aromatic carbocycles. The monoisotopic (exact) mass is 425 g/mol. The van der Waals surface area contributed by atoms with Crippen molar-refractivity contribution in [3.8, 4) is 5.69 Å². The SMILES string of the molecule is NC(=O)c1ncc(C(F)(F)F)cc1-n1nc2c(Cl)cc(C(F)(F)F)cn2c1=O. The third kappa shape index (κ3) is 3.28. The van der Waals surface area contributed by atoms with Crippen LogP contribution in [-0.2, 0) is 12.4 Å². The Labute approximate surface area is 154 Å². The van der Waals surface area contributed by atoms with Crippen LogP contribution in [0.4, 0.5) is 26.3 Å². The molecule has 0 saturated heterocycles. The Hall–Kier alpha value is -3.09. The zero-order chi connectivity index (χ0) is 21.0. The van der Waals surface area contributed by atoms with Gasteiger partial charge in [-0.3, -0.25) is 4.79 Å². The largest absolute Gasteiger partial charge is 0.417 e. The van der Waals surface area contributed by atoms with Gasteiger partial charge in [0.15, 0.2) is 11.3 Å². The first-order chi connectivity index (χ1) is 12.8. The van der Waals surface area contributed by atoms with Gasteiger partial charge in [0.25, 0.3) is 5.91 Å². The number of hydrogen-bond acceptors (Lipinski definition) is 4. The molecular weight excluding hydrogens is 420 g/mol. The van der Waals surface area contributed by atoms with Crippen LogP contribution < -0.4 is 11.4 Å². The van der Waals surface area contributed by atoms with Crippen LogP contribution in [0.3, 0.4) is 0 Å². The Morgan fingerprint density at radius 1 is 1.07 bits per heavy atom. The van der Waals surface area contributed by atoms with Crippen molar-refractivity contribution in [3.05, 3.63) is 56.9 Å². The Kier molecular flexibility index (Phi) is 4.37. The third-order valence-electron chi connectivity index (χ3n) is 3.56. The number of nitrogens with two attached hydrogens (primary N) is 1. The lowest BCUT2D eigenvalue weighted by molar-refractivity contribution is -0.138. The van der Waals surface area contributed by atoms with Crippen molar-refractivity contribution in [3.63, 3.8) is 0 Å². The van der Waals surface area contributed by atoms with Crippen molar-refractivity contribution >= 4 is 23.2 Å². The Balaban J connectivity index is 2.36. The van der Waals surface area contributed by atoms with Gasteiger partial charge in [-0.25, -0.2) is 14.2 Å². The molecule has 0 unspecified atom stereocenters. The van der Waals surface area contributed by atoms with E-state index in [-0.39, 0.29) is 4.68 Å². The van der Waals surface area contributed by atoms with Gasteiger partial charge in [0, 0.05) is 12.4 Å². The summed E-state index contributed by atoms with van der Waals surface area (Å²) in [5.41, 5.74) is -0.864. The number of fused-ring (bicyclic) bond motifs is 1. The van der Waals surface area contributed by atoms with E-state index in [0.29, 0.717) is 28.9 Å². The van der Waals surface area contributed by atoms with E-state index in [1.54, 1.807) is 0 Å². The summed E-state index contributed by atoms with van der Waals surface area (Å²) in [6.07, 6.45) is -9.05. The second-order valence-corrected chi connectivity index (χ2v) is 5.82. The molecule has 14 heteroatoms. The molecule has 0 aliphatic carbocycles. The molecule has 28 heavy (non-hydrogen) atoms. The fourth-order valence-electron chi connectivity index (χ4n) is 2.31. The average Bonchev–Trinajstić information content (AvgIpc) is 2.90. The number of aromatic nitrogens is 4. The number of amides is 1. The second-order valence-electron chi connectivity index (χ2n) is 5.42. The fourth-order valence-corrected chi connectivity index (χ4v) is 2.55. The van der Waals surface area contributed by atoms with Gasteiger partial charge in [0.2, 0.25) is 0 Å². The van der Waals surface area contributed by atoms with E-state index >= 15 is 0 Å². The van der Waals surface area contributed by atoms with Crippen LogP contribution in [-0.4, -0.2) is 25.1 Å². The third-order valence-corrected chi connectivity index (χ3v) is 3.84. The summed E-state index contributed by atoms with van der Waals surface area (Å²) in [5, 5.41) is 3.03. The minimum absolute atomic E-state index is 0.268. The normalized spacial score (nSPS) is 12.5. The Morgan fingerprint density at radius 3 is 2.21 bits per heavy atom. The summed E-state index contributed by atoms with van der Waals surface area (Å²) in [6, 6.07) is 0.868. The van der Waals surface area contributed by atoms with Crippen LogP contribution in [0.5, 0.6) is 0 Å². The molecule has 0 fully saturated rings. The molecule has 3 heterocycles. The number of alkyl halides is 6. The zero-order valence-electron chi connectivity index (χ0n) is 13.1. The molecule has 0 bridgehead atoms. The summed E-state index contributed by atoms with van der Waals surface area (Å²) in [4.78, 5) is 27.3. The molecule has 0 aliphatic heterocycles. The molecule has 1 amide bonds. The fraction of sp³-hybridized carbons (Fsp3) is 0.143. The van der Waals surface area contributed by atoms with E-state index in [9.17, 15) is 35.9 Å². The highest BCUT2D eigenvalue weighted by molar-refractivity contribution is 6.33. The van der Waals surface area contributed by atoms with Crippen molar-refractivity contribution in [1.29, 1.82) is 0 Å². The Bertz CT molecular complexity index is 1160. The number of rotatable bonds is 2. The first-order valence-corrected chi connectivity index (χ1v) is 7.44. The van der Waals surface area contributed by atoms with Crippen molar-refractivity contribution in [1.82, 2.24) is 19.2 Å². The van der Waals surface area contributed by atoms with Gasteiger partial charge in [-0.15, -0.1) is 5.10 Å². The minimum Gasteiger partial charge on any atom is -0.364 e. The molecular formula is C14H6ClF6N5O2. The lowest BCUT2D eigenvalue weighted by Gasteiger charge is -2.10. The van der Waals surface area contributed by atoms with E-state index in [1.807, 2.05) is 0 Å². The number of carbonyl (C=O) groups is 1. The van der Waals surface area contributed by atoms with Crippen LogP contribution in [0.25, 0.3) is 11.3 Å². The number of pyridine rings is 2. The highest BCUT2D eigenvalue weighted by Gasteiger charge is 2.34. The molecule has 3 rings (SSSR count). The minimum atomic E-state index is -4.89. The molecule has 0 saturated carbocycles. The van der Waals surface area contributed by atoms with Gasteiger partial charge >= 0.3 is 18.0 Å². The van der Waals surface area contributed by atoms with Crippen molar-refractivity contribution in [2.75, 3.05) is 0 Å². The summed E-state index contributed by atoms with van der Waals surface area (Å²) in [5.74, 6) is -1.28. The van der Waals surface area contributed by atoms with Crippen molar-refractivity contribution in [2.24, 2.45) is 5.73 Å². The number of nitrogens with zero attached hydrogens (tertiary/aromatic N) is 4. The first kappa shape index (κ1) is 19.7. The number of halogens is 7. The van der Waals surface area contributed by atoms with E-state index in [0.717, 1.165) is 0 Å². The van der Waals surface area contributed by atoms with Gasteiger partial charge in [-0.05, 0) is 12.1 Å². The van der Waals surface area contributed by atoms with Crippen LogP contribution in [0, 0.1) is 0 Å². The van der Waals surface area contributed by atoms with Gasteiger partial charge in [0.05, 0.1) is 16.1 Å². The van der Waals surface area contributed by atoms with Crippen LogP contribution in [0.1, 0.15) is 21.6 Å². The molecule has 0 atom stereocenters. The molecule has 0 aliphatic rings. The van der Waals surface area contributed by atoms with Gasteiger partial charge in [-0.1, -0.05) is 11.6 Å². The smallest absolute Gasteiger partial charge is 0.364 e. The number of carbonyl (C=O) groups excluding carboxylic acids is 1. The highest BCUT2D eigenvalue weighted by Crippen LogP contribution is 2.32. The molecule has 3 aromatic rings. The van der Waals surface area contributed by atoms with E-state index in [4.69, 9.17) is 17.3 Å². The summed E-state index contributed by atoms with van der Waals surface area (Å²) < 4.78 is 78.3. The molecule has 7 nitrogen and oxygen atoms in total. The van der Waals surface area contributed by atoms with E-state index < -0.39 is 57.1 Å². The van der Waals surface area contributed by atoms with Crippen LogP contribution >= 0.6 is 11.6 Å². The van der Waals surface area contributed by atoms with Crippen molar-refractivity contribution < 1.29 is 31.1 Å². The standard InChI is InChI=1S/C14H6ClF6N5O2/c15-7-1-6(14(19,20)21)4-25-11(7)24-26(12(25)28)8-2-5(13(16,17)18)3-23-9(8)10(22)27/h1-4H,(H2,22,27). The predicted octanol–water partition coefficient (Wildman–Crippen LogP) is 2.67. The van der Waals surface area contributed by atoms with Crippen LogP contribution in [0.15, 0.2) is 29.3 Å². The lowest BCUT2D eigenvalue weighted by Crippen LogP contribution is -2.25. The maximum atomic E-state index is 13.0. The lowest BCUT2D eigenvalue weighted by atomic mass is 10.2. The molecule has 148 valence electrons. The summed E-state index contributed by atoms with van der Waals surface area (Å²) in [6.45, 7) is 0. The molecule has 0 spiro atoms. The number of hydrogen-bond donors (Lipinski definition) is 1.